The second kappa shape index (κ2) is 5.69. The van der Waals surface area contributed by atoms with Crippen LogP contribution in [0.15, 0.2) is 24.3 Å². The van der Waals surface area contributed by atoms with Gasteiger partial charge in [0.15, 0.2) is 3.79 Å². The van der Waals surface area contributed by atoms with Crippen LogP contribution in [0.5, 0.6) is 5.75 Å². The Morgan fingerprint density at radius 3 is 2.24 bits per heavy atom. The Balaban J connectivity index is 3.05. The first-order chi connectivity index (χ1) is 7.76. The van der Waals surface area contributed by atoms with Crippen LogP contribution in [-0.4, -0.2) is 10.4 Å². The molecule has 1 aromatic carbocycles. The van der Waals surface area contributed by atoms with Crippen molar-refractivity contribution in [3.63, 3.8) is 0 Å². The van der Waals surface area contributed by atoms with Crippen molar-refractivity contribution in [2.24, 2.45) is 0 Å². The molecule has 17 heavy (non-hydrogen) atoms. The van der Waals surface area contributed by atoms with E-state index in [4.69, 9.17) is 39.5 Å². The lowest BCUT2D eigenvalue weighted by Gasteiger charge is -2.30. The Kier molecular flexibility index (Phi) is 5.00. The summed E-state index contributed by atoms with van der Waals surface area (Å²) >= 11 is 17.7. The molecule has 0 aliphatic rings. The lowest BCUT2D eigenvalue weighted by molar-refractivity contribution is 0.325. The molecule has 0 N–H and O–H groups in total. The van der Waals surface area contributed by atoms with E-state index in [1.54, 1.807) is 0 Å². The molecule has 0 saturated carbocycles. The van der Waals surface area contributed by atoms with Gasteiger partial charge in [-0.05, 0) is 24.0 Å². The van der Waals surface area contributed by atoms with Crippen LogP contribution in [0.25, 0.3) is 0 Å². The summed E-state index contributed by atoms with van der Waals surface area (Å²) in [5.74, 6) is 0.856. The van der Waals surface area contributed by atoms with E-state index < -0.39 is 3.79 Å². The number of benzene rings is 1. The van der Waals surface area contributed by atoms with Gasteiger partial charge in [0.05, 0.1) is 6.61 Å². The van der Waals surface area contributed by atoms with Gasteiger partial charge < -0.3 is 4.74 Å². The van der Waals surface area contributed by atoms with Gasteiger partial charge in [0.25, 0.3) is 0 Å². The molecule has 96 valence electrons. The minimum atomic E-state index is -1.26. The Hall–Kier alpha value is -0.110. The van der Waals surface area contributed by atoms with E-state index in [1.807, 2.05) is 45.0 Å². The summed E-state index contributed by atoms with van der Waals surface area (Å²) in [6.45, 7) is 6.68. The third-order valence-corrected chi connectivity index (χ3v) is 2.96. The Morgan fingerprint density at radius 2 is 1.71 bits per heavy atom. The van der Waals surface area contributed by atoms with Gasteiger partial charge in [-0.15, -0.1) is 0 Å². The number of rotatable bonds is 4. The molecular weight excluding hydrogens is 279 g/mol. The molecule has 0 radical (unpaired) electrons. The topological polar surface area (TPSA) is 9.23 Å². The Bertz CT molecular complexity index is 369. The zero-order chi connectivity index (χ0) is 13.1. The largest absolute Gasteiger partial charge is 0.494 e. The number of halogens is 3. The maximum Gasteiger partial charge on any atom is 0.191 e. The van der Waals surface area contributed by atoms with Gasteiger partial charge >= 0.3 is 0 Å². The predicted octanol–water partition coefficient (Wildman–Crippen LogP) is 5.12. The van der Waals surface area contributed by atoms with E-state index in [1.165, 1.54) is 0 Å². The van der Waals surface area contributed by atoms with Crippen molar-refractivity contribution >= 4 is 34.8 Å². The summed E-state index contributed by atoms with van der Waals surface area (Å²) in [5, 5.41) is 0. The van der Waals surface area contributed by atoms with Crippen molar-refractivity contribution < 1.29 is 4.74 Å². The quantitative estimate of drug-likeness (QED) is 0.700. The first kappa shape index (κ1) is 14.9. The molecule has 0 saturated heterocycles. The average Bonchev–Trinajstić information content (AvgIpc) is 2.15. The van der Waals surface area contributed by atoms with Gasteiger partial charge in [-0.3, -0.25) is 0 Å². The number of hydrogen-bond acceptors (Lipinski definition) is 1. The molecule has 0 aliphatic carbocycles. The van der Waals surface area contributed by atoms with Crippen molar-refractivity contribution in [1.29, 1.82) is 0 Å². The molecule has 0 atom stereocenters. The third-order valence-electron chi connectivity index (χ3n) is 2.56. The van der Waals surface area contributed by atoms with E-state index in [0.717, 1.165) is 11.3 Å². The lowest BCUT2D eigenvalue weighted by Crippen LogP contribution is -2.25. The van der Waals surface area contributed by atoms with Crippen molar-refractivity contribution in [3.8, 4) is 5.75 Å². The molecule has 0 spiro atoms. The summed E-state index contributed by atoms with van der Waals surface area (Å²) in [4.78, 5) is 0. The highest BCUT2D eigenvalue weighted by Crippen LogP contribution is 2.43. The molecule has 4 heteroatoms. The number of alkyl halides is 3. The minimum absolute atomic E-state index is 0.253. The molecule has 0 unspecified atom stereocenters. The van der Waals surface area contributed by atoms with E-state index in [0.29, 0.717) is 13.0 Å². The third kappa shape index (κ3) is 4.57. The first-order valence-corrected chi connectivity index (χ1v) is 6.69. The zero-order valence-electron chi connectivity index (χ0n) is 10.3. The fourth-order valence-corrected chi connectivity index (χ4v) is 2.91. The van der Waals surface area contributed by atoms with Gasteiger partial charge in [0.1, 0.15) is 5.75 Å². The van der Waals surface area contributed by atoms with Gasteiger partial charge in [0, 0.05) is 6.42 Å². The van der Waals surface area contributed by atoms with Crippen LogP contribution in [-0.2, 0) is 5.41 Å². The van der Waals surface area contributed by atoms with Crippen LogP contribution in [0.4, 0.5) is 0 Å². The van der Waals surface area contributed by atoms with Gasteiger partial charge in [0.2, 0.25) is 0 Å². The van der Waals surface area contributed by atoms with Crippen LogP contribution in [0, 0.1) is 0 Å². The summed E-state index contributed by atoms with van der Waals surface area (Å²) in [5.41, 5.74) is 0.810. The molecule has 0 amide bonds. The maximum atomic E-state index is 5.89. The minimum Gasteiger partial charge on any atom is -0.494 e. The van der Waals surface area contributed by atoms with E-state index >= 15 is 0 Å². The Morgan fingerprint density at radius 1 is 1.12 bits per heavy atom. The summed E-state index contributed by atoms with van der Waals surface area (Å²) in [6, 6.07) is 7.87. The molecule has 0 fully saturated rings. The van der Waals surface area contributed by atoms with Crippen molar-refractivity contribution in [2.45, 2.75) is 36.4 Å². The molecule has 0 heterocycles. The molecule has 1 aromatic rings. The molecule has 0 bridgehead atoms. The van der Waals surface area contributed by atoms with Crippen molar-refractivity contribution in [1.82, 2.24) is 0 Å². The molecule has 1 nitrogen and oxygen atoms in total. The van der Waals surface area contributed by atoms with Crippen LogP contribution >= 0.6 is 34.8 Å². The summed E-state index contributed by atoms with van der Waals surface area (Å²) in [6.07, 6.45) is 0.439. The average molecular weight is 296 g/mol. The highest BCUT2D eigenvalue weighted by molar-refractivity contribution is 6.67. The van der Waals surface area contributed by atoms with Crippen molar-refractivity contribution in [3.05, 3.63) is 29.8 Å². The second-order valence-corrected chi connectivity index (χ2v) is 7.12. The fraction of sp³-hybridized carbons (Fsp3) is 0.538. The highest BCUT2D eigenvalue weighted by atomic mass is 35.6. The van der Waals surface area contributed by atoms with Gasteiger partial charge in [-0.25, -0.2) is 0 Å². The lowest BCUT2D eigenvalue weighted by atomic mass is 9.81. The molecule has 0 aliphatic heterocycles. The van der Waals surface area contributed by atoms with Gasteiger partial charge in [-0.1, -0.05) is 66.8 Å². The molecular formula is C13H17Cl3O. The van der Waals surface area contributed by atoms with Gasteiger partial charge in [-0.2, -0.15) is 0 Å². The molecule has 0 aromatic heterocycles. The number of hydrogen-bond donors (Lipinski definition) is 0. The highest BCUT2D eigenvalue weighted by Gasteiger charge is 2.33. The monoisotopic (exact) mass is 294 g/mol. The number of ether oxygens (including phenoxy) is 1. The van der Waals surface area contributed by atoms with E-state index in [-0.39, 0.29) is 5.41 Å². The van der Waals surface area contributed by atoms with Crippen LogP contribution < -0.4 is 4.74 Å². The number of para-hydroxylation sites is 1. The predicted molar refractivity (Wildman–Crippen MR) is 75.5 cm³/mol. The smallest absolute Gasteiger partial charge is 0.191 e. The maximum absolute atomic E-state index is 5.89. The fourth-order valence-electron chi connectivity index (χ4n) is 1.90. The molecule has 1 rings (SSSR count). The Labute approximate surface area is 118 Å². The normalized spacial score (nSPS) is 12.6. The van der Waals surface area contributed by atoms with E-state index in [9.17, 15) is 0 Å². The standard InChI is InChI=1S/C13H17Cl3O/c1-4-17-11-8-6-5-7-10(11)12(2,3)9-13(14,15)16/h5-8H,4,9H2,1-3H3. The summed E-state index contributed by atoms with van der Waals surface area (Å²) in [7, 11) is 0. The summed E-state index contributed by atoms with van der Waals surface area (Å²) < 4.78 is 4.35. The van der Waals surface area contributed by atoms with E-state index in [2.05, 4.69) is 0 Å². The van der Waals surface area contributed by atoms with Crippen LogP contribution in [0.3, 0.4) is 0 Å². The second-order valence-electron chi connectivity index (χ2n) is 4.61. The zero-order valence-corrected chi connectivity index (χ0v) is 12.5. The first-order valence-electron chi connectivity index (χ1n) is 5.55. The van der Waals surface area contributed by atoms with Crippen molar-refractivity contribution in [2.75, 3.05) is 6.61 Å². The van der Waals surface area contributed by atoms with Crippen LogP contribution in [0.1, 0.15) is 32.8 Å². The SMILES string of the molecule is CCOc1ccccc1C(C)(C)CC(Cl)(Cl)Cl. The van der Waals surface area contributed by atoms with Crippen LogP contribution in [0.2, 0.25) is 0 Å².